The quantitative estimate of drug-likeness (QED) is 0.745. The van der Waals surface area contributed by atoms with Crippen LogP contribution in [-0.4, -0.2) is 37.6 Å². The van der Waals surface area contributed by atoms with E-state index in [1.165, 1.54) is 20.0 Å². The summed E-state index contributed by atoms with van der Waals surface area (Å²) in [5.41, 5.74) is 6.20. The molecule has 0 heterocycles. The van der Waals surface area contributed by atoms with Gasteiger partial charge in [-0.05, 0) is 37.3 Å². The number of nitrogens with zero attached hydrogens (tertiary/aromatic N) is 1. The second kappa shape index (κ2) is 7.05. The molecule has 1 aromatic carbocycles. The van der Waals surface area contributed by atoms with Crippen molar-refractivity contribution in [3.05, 3.63) is 35.9 Å². The maximum Gasteiger partial charge on any atom is 0.331 e. The van der Waals surface area contributed by atoms with Gasteiger partial charge in [0.15, 0.2) is 5.54 Å². The molecule has 0 amide bonds. The number of methoxy groups -OCH3 is 1. The third kappa shape index (κ3) is 4.05. The van der Waals surface area contributed by atoms with E-state index in [9.17, 15) is 4.79 Å². The van der Waals surface area contributed by atoms with Crippen molar-refractivity contribution in [2.24, 2.45) is 11.7 Å². The molecule has 2 N–H and O–H groups in total. The highest BCUT2D eigenvalue weighted by molar-refractivity contribution is 5.82. The van der Waals surface area contributed by atoms with Crippen LogP contribution in [0.3, 0.4) is 0 Å². The molecule has 0 radical (unpaired) electrons. The van der Waals surface area contributed by atoms with Crippen molar-refractivity contribution in [3.63, 3.8) is 0 Å². The van der Waals surface area contributed by atoms with Crippen LogP contribution in [-0.2, 0) is 15.1 Å². The van der Waals surface area contributed by atoms with E-state index in [0.717, 1.165) is 31.0 Å². The predicted molar refractivity (Wildman–Crippen MR) is 83.8 cm³/mol. The average Bonchev–Trinajstić information content (AvgIpc) is 3.31. The first-order chi connectivity index (χ1) is 10.1. The molecule has 4 heteroatoms. The highest BCUT2D eigenvalue weighted by Crippen LogP contribution is 2.31. The van der Waals surface area contributed by atoms with Crippen LogP contribution in [0.1, 0.15) is 31.7 Å². The lowest BCUT2D eigenvalue weighted by atomic mass is 9.90. The molecule has 21 heavy (non-hydrogen) atoms. The summed E-state index contributed by atoms with van der Waals surface area (Å²) in [6.07, 6.45) is 3.64. The van der Waals surface area contributed by atoms with E-state index < -0.39 is 5.54 Å². The molecule has 1 saturated carbocycles. The zero-order valence-electron chi connectivity index (χ0n) is 13.0. The molecule has 1 atom stereocenters. The molecule has 4 nitrogen and oxygen atoms in total. The summed E-state index contributed by atoms with van der Waals surface area (Å²) < 4.78 is 4.98. The van der Waals surface area contributed by atoms with E-state index in [2.05, 4.69) is 11.8 Å². The Labute approximate surface area is 127 Å². The van der Waals surface area contributed by atoms with Gasteiger partial charge in [-0.2, -0.15) is 0 Å². The number of carbonyl (C=O) groups is 1. The van der Waals surface area contributed by atoms with Crippen LogP contribution in [0, 0.1) is 5.92 Å². The van der Waals surface area contributed by atoms with E-state index in [4.69, 9.17) is 10.5 Å². The molecular weight excluding hydrogens is 264 g/mol. The fourth-order valence-electron chi connectivity index (χ4n) is 2.76. The van der Waals surface area contributed by atoms with E-state index in [1.54, 1.807) is 0 Å². The maximum absolute atomic E-state index is 12.3. The second-order valence-corrected chi connectivity index (χ2v) is 6.01. The van der Waals surface area contributed by atoms with Crippen molar-refractivity contribution in [2.75, 3.05) is 26.7 Å². The zero-order chi connectivity index (χ0) is 15.3. The van der Waals surface area contributed by atoms with Gasteiger partial charge in [-0.25, -0.2) is 4.79 Å². The van der Waals surface area contributed by atoms with Crippen molar-refractivity contribution in [1.29, 1.82) is 0 Å². The van der Waals surface area contributed by atoms with Crippen LogP contribution in [0.25, 0.3) is 0 Å². The van der Waals surface area contributed by atoms with Gasteiger partial charge in [0.05, 0.1) is 7.11 Å². The molecule has 1 aromatic rings. The SMILES string of the molecule is CCCN(CC1CC1)CC(N)(C(=O)OC)c1ccccc1. The summed E-state index contributed by atoms with van der Waals surface area (Å²) in [5.74, 6) is 0.403. The lowest BCUT2D eigenvalue weighted by Gasteiger charge is -2.33. The molecule has 0 aromatic heterocycles. The molecule has 0 bridgehead atoms. The number of carbonyl (C=O) groups excluding carboxylic acids is 1. The number of ether oxygens (including phenoxy) is 1. The van der Waals surface area contributed by atoms with Gasteiger partial charge in [0.1, 0.15) is 0 Å². The Hall–Kier alpha value is -1.39. The average molecular weight is 290 g/mol. The second-order valence-electron chi connectivity index (χ2n) is 6.01. The first-order valence-corrected chi connectivity index (χ1v) is 7.75. The largest absolute Gasteiger partial charge is 0.467 e. The Kier molecular flexibility index (Phi) is 5.37. The summed E-state index contributed by atoms with van der Waals surface area (Å²) in [5, 5.41) is 0. The summed E-state index contributed by atoms with van der Waals surface area (Å²) >= 11 is 0. The standard InChI is InChI=1S/C17H26N2O2/c1-3-11-19(12-14-9-10-14)13-17(18,16(20)21-2)15-7-5-4-6-8-15/h4-8,14H,3,9-13,18H2,1-2H3. The Morgan fingerprint density at radius 3 is 2.57 bits per heavy atom. The molecule has 1 unspecified atom stereocenters. The highest BCUT2D eigenvalue weighted by Gasteiger charge is 2.39. The molecule has 116 valence electrons. The van der Waals surface area contributed by atoms with Gasteiger partial charge in [-0.3, -0.25) is 0 Å². The molecule has 0 spiro atoms. The van der Waals surface area contributed by atoms with E-state index in [1.807, 2.05) is 30.3 Å². The highest BCUT2D eigenvalue weighted by atomic mass is 16.5. The summed E-state index contributed by atoms with van der Waals surface area (Å²) in [6.45, 7) is 4.64. The van der Waals surface area contributed by atoms with Gasteiger partial charge in [0, 0.05) is 13.1 Å². The van der Waals surface area contributed by atoms with Gasteiger partial charge in [-0.15, -0.1) is 0 Å². The first-order valence-electron chi connectivity index (χ1n) is 7.75. The molecular formula is C17H26N2O2. The van der Waals surface area contributed by atoms with Crippen LogP contribution < -0.4 is 5.73 Å². The van der Waals surface area contributed by atoms with Crippen LogP contribution in [0.15, 0.2) is 30.3 Å². The number of hydrogen-bond acceptors (Lipinski definition) is 4. The minimum atomic E-state index is -1.10. The zero-order valence-corrected chi connectivity index (χ0v) is 13.0. The van der Waals surface area contributed by atoms with Crippen LogP contribution >= 0.6 is 0 Å². The Bertz CT molecular complexity index is 459. The number of nitrogens with two attached hydrogens (primary N) is 1. The summed E-state index contributed by atoms with van der Waals surface area (Å²) in [4.78, 5) is 14.6. The van der Waals surface area contributed by atoms with Crippen molar-refractivity contribution >= 4 is 5.97 Å². The summed E-state index contributed by atoms with van der Waals surface area (Å²) in [6, 6.07) is 9.54. The van der Waals surface area contributed by atoms with Crippen LogP contribution in [0.2, 0.25) is 0 Å². The third-order valence-electron chi connectivity index (χ3n) is 4.06. The van der Waals surface area contributed by atoms with Crippen molar-refractivity contribution in [1.82, 2.24) is 4.90 Å². The molecule has 2 rings (SSSR count). The van der Waals surface area contributed by atoms with Crippen LogP contribution in [0.5, 0.6) is 0 Å². The fraction of sp³-hybridized carbons (Fsp3) is 0.588. The number of benzene rings is 1. The maximum atomic E-state index is 12.3. The van der Waals surface area contributed by atoms with E-state index >= 15 is 0 Å². The Balaban J connectivity index is 2.19. The number of esters is 1. The minimum Gasteiger partial charge on any atom is -0.467 e. The van der Waals surface area contributed by atoms with Gasteiger partial charge < -0.3 is 15.4 Å². The number of hydrogen-bond donors (Lipinski definition) is 1. The van der Waals surface area contributed by atoms with Crippen molar-refractivity contribution < 1.29 is 9.53 Å². The monoisotopic (exact) mass is 290 g/mol. The fourth-order valence-corrected chi connectivity index (χ4v) is 2.76. The Morgan fingerprint density at radius 2 is 2.05 bits per heavy atom. The number of rotatable bonds is 8. The van der Waals surface area contributed by atoms with Gasteiger partial charge in [-0.1, -0.05) is 37.3 Å². The normalized spacial score (nSPS) is 17.5. The Morgan fingerprint density at radius 1 is 1.38 bits per heavy atom. The van der Waals surface area contributed by atoms with Gasteiger partial charge in [0.25, 0.3) is 0 Å². The topological polar surface area (TPSA) is 55.6 Å². The van der Waals surface area contributed by atoms with E-state index in [0.29, 0.717) is 6.54 Å². The molecule has 1 aliphatic carbocycles. The lowest BCUT2D eigenvalue weighted by molar-refractivity contribution is -0.148. The van der Waals surface area contributed by atoms with Gasteiger partial charge >= 0.3 is 5.97 Å². The van der Waals surface area contributed by atoms with Crippen molar-refractivity contribution in [3.8, 4) is 0 Å². The molecule has 0 saturated heterocycles. The predicted octanol–water partition coefficient (Wildman–Crippen LogP) is 2.14. The third-order valence-corrected chi connectivity index (χ3v) is 4.06. The lowest BCUT2D eigenvalue weighted by Crippen LogP contribution is -2.54. The first kappa shape index (κ1) is 16.0. The van der Waals surface area contributed by atoms with Gasteiger partial charge in [0.2, 0.25) is 0 Å². The molecule has 0 aliphatic heterocycles. The molecule has 1 aliphatic rings. The minimum absolute atomic E-state index is 0.370. The summed E-state index contributed by atoms with van der Waals surface area (Å²) in [7, 11) is 1.40. The van der Waals surface area contributed by atoms with Crippen LogP contribution in [0.4, 0.5) is 0 Å². The molecule has 1 fully saturated rings. The van der Waals surface area contributed by atoms with Crippen molar-refractivity contribution in [2.45, 2.75) is 31.7 Å². The van der Waals surface area contributed by atoms with E-state index in [-0.39, 0.29) is 5.97 Å². The smallest absolute Gasteiger partial charge is 0.331 e.